The van der Waals surface area contributed by atoms with Gasteiger partial charge in [0.1, 0.15) is 12.6 Å². The lowest BCUT2D eigenvalue weighted by molar-refractivity contribution is -0.140. The second-order valence-electron chi connectivity index (χ2n) is 10.4. The van der Waals surface area contributed by atoms with Crippen LogP contribution in [0.2, 0.25) is 10.0 Å². The van der Waals surface area contributed by atoms with E-state index in [2.05, 4.69) is 5.32 Å². The summed E-state index contributed by atoms with van der Waals surface area (Å²) in [6.45, 7) is 9.38. The summed E-state index contributed by atoms with van der Waals surface area (Å²) in [4.78, 5) is 28.9. The fraction of sp³-hybridized carbons (Fsp3) is 0.355. The van der Waals surface area contributed by atoms with Crippen LogP contribution in [0.5, 0.6) is 0 Å². The van der Waals surface area contributed by atoms with Gasteiger partial charge in [0.2, 0.25) is 11.8 Å². The summed E-state index contributed by atoms with van der Waals surface area (Å²) in [6, 6.07) is 17.5. The Hall–Kier alpha value is -3.07. The average molecular weight is 619 g/mol. The molecule has 3 rings (SSSR count). The number of nitrogens with one attached hydrogen (secondary N) is 1. The van der Waals surface area contributed by atoms with Crippen LogP contribution in [0.4, 0.5) is 5.69 Å². The molecule has 0 radical (unpaired) electrons. The predicted octanol–water partition coefficient (Wildman–Crippen LogP) is 6.39. The second-order valence-corrected chi connectivity index (χ2v) is 13.1. The molecule has 0 aliphatic heterocycles. The van der Waals surface area contributed by atoms with Crippen molar-refractivity contribution in [3.05, 3.63) is 93.5 Å². The van der Waals surface area contributed by atoms with Crippen LogP contribution >= 0.6 is 23.2 Å². The van der Waals surface area contributed by atoms with E-state index in [0.29, 0.717) is 28.6 Å². The number of rotatable bonds is 12. The minimum atomic E-state index is -4.18. The Balaban J connectivity index is 2.08. The van der Waals surface area contributed by atoms with Crippen molar-refractivity contribution in [1.82, 2.24) is 10.2 Å². The number of hydrogen-bond acceptors (Lipinski definition) is 4. The molecule has 1 N–H and O–H groups in total. The van der Waals surface area contributed by atoms with Gasteiger partial charge in [-0.15, -0.1) is 0 Å². The largest absolute Gasteiger partial charge is 0.354 e. The highest BCUT2D eigenvalue weighted by molar-refractivity contribution is 7.92. The molecule has 0 spiro atoms. The number of amides is 2. The summed E-state index contributed by atoms with van der Waals surface area (Å²) >= 11 is 12.5. The standard InChI is InChI=1S/C31H37Cl2N3O4S/c1-6-28(31(38)34-18-21(2)3)35(19-24-12-14-25(32)15-13-24)30(37)20-36(29-9-7-8-27(33)23(29)5)41(39,40)26-16-10-22(4)11-17-26/h7-17,21,28H,6,18-20H2,1-5H3,(H,34,38). The summed E-state index contributed by atoms with van der Waals surface area (Å²) < 4.78 is 29.1. The monoisotopic (exact) mass is 617 g/mol. The Labute approximate surface area is 253 Å². The molecule has 0 saturated heterocycles. The van der Waals surface area contributed by atoms with E-state index in [9.17, 15) is 18.0 Å². The summed E-state index contributed by atoms with van der Waals surface area (Å²) in [5.74, 6) is -0.602. The number of anilines is 1. The van der Waals surface area contributed by atoms with Crippen LogP contribution in [0.3, 0.4) is 0 Å². The van der Waals surface area contributed by atoms with E-state index in [1.54, 1.807) is 61.5 Å². The first-order chi connectivity index (χ1) is 19.3. The van der Waals surface area contributed by atoms with E-state index in [-0.39, 0.29) is 29.0 Å². The summed E-state index contributed by atoms with van der Waals surface area (Å²) in [5, 5.41) is 3.84. The molecule has 0 saturated carbocycles. The molecule has 10 heteroatoms. The third kappa shape index (κ3) is 8.24. The number of carbonyl (C=O) groups is 2. The predicted molar refractivity (Wildman–Crippen MR) is 166 cm³/mol. The van der Waals surface area contributed by atoms with E-state index in [4.69, 9.17) is 23.2 Å². The van der Waals surface area contributed by atoms with Gasteiger partial charge in [-0.05, 0) is 73.7 Å². The molecule has 0 fully saturated rings. The number of hydrogen-bond donors (Lipinski definition) is 1. The molecule has 3 aromatic carbocycles. The maximum Gasteiger partial charge on any atom is 0.264 e. The van der Waals surface area contributed by atoms with Crippen molar-refractivity contribution in [3.63, 3.8) is 0 Å². The second kappa shape index (κ2) is 14.2. The minimum absolute atomic E-state index is 0.0428. The van der Waals surface area contributed by atoms with Gasteiger partial charge in [-0.1, -0.05) is 79.9 Å². The third-order valence-corrected chi connectivity index (χ3v) is 9.17. The van der Waals surface area contributed by atoms with Gasteiger partial charge in [-0.25, -0.2) is 8.42 Å². The first kappa shape index (κ1) is 32.4. The highest BCUT2D eigenvalue weighted by atomic mass is 35.5. The number of halogens is 2. The Morgan fingerprint density at radius 2 is 1.56 bits per heavy atom. The molecule has 3 aromatic rings. The van der Waals surface area contributed by atoms with Crippen molar-refractivity contribution in [1.29, 1.82) is 0 Å². The number of nitrogens with zero attached hydrogens (tertiary/aromatic N) is 2. The number of sulfonamides is 1. The van der Waals surface area contributed by atoms with E-state index in [1.165, 1.54) is 17.0 Å². The van der Waals surface area contributed by atoms with Gasteiger partial charge in [0, 0.05) is 23.1 Å². The lowest BCUT2D eigenvalue weighted by Crippen LogP contribution is -2.52. The molecule has 1 unspecified atom stereocenters. The van der Waals surface area contributed by atoms with Crippen LogP contribution in [-0.2, 0) is 26.2 Å². The lowest BCUT2D eigenvalue weighted by Gasteiger charge is -2.33. The van der Waals surface area contributed by atoms with Gasteiger partial charge in [0.15, 0.2) is 0 Å². The van der Waals surface area contributed by atoms with Crippen LogP contribution in [0.1, 0.15) is 43.9 Å². The zero-order chi connectivity index (χ0) is 30.3. The molecule has 2 amide bonds. The highest BCUT2D eigenvalue weighted by Crippen LogP contribution is 2.31. The Morgan fingerprint density at radius 3 is 2.15 bits per heavy atom. The molecule has 41 heavy (non-hydrogen) atoms. The fourth-order valence-electron chi connectivity index (χ4n) is 4.35. The van der Waals surface area contributed by atoms with Crippen molar-refractivity contribution >= 4 is 50.7 Å². The van der Waals surface area contributed by atoms with Gasteiger partial charge in [-0.2, -0.15) is 0 Å². The summed E-state index contributed by atoms with van der Waals surface area (Å²) in [6.07, 6.45) is 0.337. The zero-order valence-corrected chi connectivity index (χ0v) is 26.4. The smallest absolute Gasteiger partial charge is 0.264 e. The molecule has 0 aromatic heterocycles. The number of aryl methyl sites for hydroxylation is 1. The zero-order valence-electron chi connectivity index (χ0n) is 24.0. The lowest BCUT2D eigenvalue weighted by atomic mass is 10.1. The van der Waals surface area contributed by atoms with Crippen LogP contribution in [-0.4, -0.2) is 44.3 Å². The summed E-state index contributed by atoms with van der Waals surface area (Å²) in [5.41, 5.74) is 2.46. The van der Waals surface area contributed by atoms with Crippen molar-refractivity contribution in [2.45, 2.75) is 58.5 Å². The molecule has 7 nitrogen and oxygen atoms in total. The molecule has 220 valence electrons. The normalized spacial score (nSPS) is 12.2. The van der Waals surface area contributed by atoms with Gasteiger partial charge < -0.3 is 10.2 Å². The summed E-state index contributed by atoms with van der Waals surface area (Å²) in [7, 11) is -4.18. The highest BCUT2D eigenvalue weighted by Gasteiger charge is 2.34. The molecule has 0 heterocycles. The van der Waals surface area contributed by atoms with Gasteiger partial charge in [-0.3, -0.25) is 13.9 Å². The SMILES string of the molecule is CCC(C(=O)NCC(C)C)N(Cc1ccc(Cl)cc1)C(=O)CN(c1cccc(Cl)c1C)S(=O)(=O)c1ccc(C)cc1. The first-order valence-electron chi connectivity index (χ1n) is 13.5. The molecular weight excluding hydrogens is 581 g/mol. The van der Waals surface area contributed by atoms with Crippen molar-refractivity contribution < 1.29 is 18.0 Å². The minimum Gasteiger partial charge on any atom is -0.354 e. The van der Waals surface area contributed by atoms with Gasteiger partial charge in [0.25, 0.3) is 10.0 Å². The number of benzene rings is 3. The molecule has 0 aliphatic carbocycles. The molecule has 0 bridgehead atoms. The van der Waals surface area contributed by atoms with Crippen molar-refractivity contribution in [3.8, 4) is 0 Å². The van der Waals surface area contributed by atoms with Gasteiger partial charge >= 0.3 is 0 Å². The average Bonchev–Trinajstić information content (AvgIpc) is 2.93. The maximum absolute atomic E-state index is 14.2. The van der Waals surface area contributed by atoms with Crippen molar-refractivity contribution in [2.75, 3.05) is 17.4 Å². The van der Waals surface area contributed by atoms with Crippen LogP contribution in [0, 0.1) is 19.8 Å². The fourth-order valence-corrected chi connectivity index (χ4v) is 6.11. The Kier molecular flexibility index (Phi) is 11.2. The Bertz CT molecular complexity index is 1460. The van der Waals surface area contributed by atoms with E-state index < -0.39 is 28.5 Å². The maximum atomic E-state index is 14.2. The quantitative estimate of drug-likeness (QED) is 0.255. The molecular formula is C31H37Cl2N3O4S. The van der Waals surface area contributed by atoms with Crippen LogP contribution in [0.25, 0.3) is 0 Å². The number of carbonyl (C=O) groups excluding carboxylic acids is 2. The van der Waals surface area contributed by atoms with Crippen LogP contribution in [0.15, 0.2) is 71.6 Å². The van der Waals surface area contributed by atoms with Gasteiger partial charge in [0.05, 0.1) is 10.6 Å². The van der Waals surface area contributed by atoms with E-state index in [0.717, 1.165) is 15.4 Å². The molecule has 1 atom stereocenters. The van der Waals surface area contributed by atoms with Crippen molar-refractivity contribution in [2.24, 2.45) is 5.92 Å². The third-order valence-electron chi connectivity index (χ3n) is 6.73. The van der Waals surface area contributed by atoms with Crippen LogP contribution < -0.4 is 9.62 Å². The molecule has 0 aliphatic rings. The topological polar surface area (TPSA) is 86.8 Å². The first-order valence-corrected chi connectivity index (χ1v) is 15.7. The van der Waals surface area contributed by atoms with E-state index in [1.807, 2.05) is 27.7 Å². The Morgan fingerprint density at radius 1 is 0.927 bits per heavy atom. The van der Waals surface area contributed by atoms with E-state index >= 15 is 0 Å².